The van der Waals surface area contributed by atoms with E-state index in [1.807, 2.05) is 0 Å². The van der Waals surface area contributed by atoms with E-state index in [1.54, 1.807) is 0 Å². The van der Waals surface area contributed by atoms with E-state index in [9.17, 15) is 4.79 Å². The van der Waals surface area contributed by atoms with Crippen molar-refractivity contribution in [1.29, 1.82) is 0 Å². The van der Waals surface area contributed by atoms with Crippen molar-refractivity contribution in [2.45, 2.75) is 63.6 Å². The Hall–Kier alpha value is -0.610. The molecule has 0 radical (unpaired) electrons. The molecule has 0 aromatic heterocycles. The van der Waals surface area contributed by atoms with E-state index in [-0.39, 0.29) is 5.91 Å². The van der Waals surface area contributed by atoms with E-state index in [0.717, 1.165) is 32.4 Å². The average molecular weight is 240 g/mol. The lowest BCUT2D eigenvalue weighted by atomic mass is 9.97. The van der Waals surface area contributed by atoms with Crippen LogP contribution in [0.2, 0.25) is 0 Å². The summed E-state index contributed by atoms with van der Waals surface area (Å²) in [6.45, 7) is 3.87. The lowest BCUT2D eigenvalue weighted by Gasteiger charge is -2.34. The van der Waals surface area contributed by atoms with Crippen molar-refractivity contribution >= 4 is 5.91 Å². The molecule has 0 aliphatic carbocycles. The maximum atomic E-state index is 11.1. The number of piperidine rings is 1. The van der Waals surface area contributed by atoms with Gasteiger partial charge < -0.3 is 15.4 Å². The largest absolute Gasteiger partial charge is 0.378 e. The number of rotatable bonds is 4. The summed E-state index contributed by atoms with van der Waals surface area (Å²) >= 11 is 0. The first-order valence-corrected chi connectivity index (χ1v) is 6.92. The van der Waals surface area contributed by atoms with E-state index in [2.05, 4.69) is 17.6 Å². The first kappa shape index (κ1) is 12.8. The quantitative estimate of drug-likeness (QED) is 0.776. The Balaban J connectivity index is 1.72. The minimum atomic E-state index is 0.193. The van der Waals surface area contributed by atoms with Crippen LogP contribution in [0.5, 0.6) is 0 Å². The number of amides is 1. The van der Waals surface area contributed by atoms with Gasteiger partial charge in [-0.25, -0.2) is 0 Å². The number of nitrogens with one attached hydrogen (secondary N) is 2. The molecule has 2 aliphatic rings. The molecule has 3 unspecified atom stereocenters. The average Bonchev–Trinajstić information content (AvgIpc) is 2.33. The summed E-state index contributed by atoms with van der Waals surface area (Å²) in [5.74, 6) is 0.193. The van der Waals surface area contributed by atoms with Crippen molar-refractivity contribution < 1.29 is 9.53 Å². The van der Waals surface area contributed by atoms with Crippen LogP contribution in [0.25, 0.3) is 0 Å². The molecule has 0 bridgehead atoms. The van der Waals surface area contributed by atoms with Gasteiger partial charge in [0, 0.05) is 31.7 Å². The molecule has 3 atom stereocenters. The van der Waals surface area contributed by atoms with E-state index in [4.69, 9.17) is 4.74 Å². The molecule has 17 heavy (non-hydrogen) atoms. The van der Waals surface area contributed by atoms with E-state index < -0.39 is 0 Å². The second-order valence-electron chi connectivity index (χ2n) is 5.21. The number of carbonyl (C=O) groups is 1. The Morgan fingerprint density at radius 1 is 1.41 bits per heavy atom. The minimum Gasteiger partial charge on any atom is -0.378 e. The number of hydrogen-bond donors (Lipinski definition) is 2. The Labute approximate surface area is 103 Å². The summed E-state index contributed by atoms with van der Waals surface area (Å²) in [6.07, 6.45) is 6.66. The van der Waals surface area contributed by atoms with Gasteiger partial charge in [0.25, 0.3) is 0 Å². The molecule has 0 spiro atoms. The van der Waals surface area contributed by atoms with Gasteiger partial charge in [-0.2, -0.15) is 0 Å². The van der Waals surface area contributed by atoms with Gasteiger partial charge in [0.2, 0.25) is 5.91 Å². The molecule has 4 heteroatoms. The van der Waals surface area contributed by atoms with E-state index >= 15 is 0 Å². The zero-order valence-electron chi connectivity index (χ0n) is 10.7. The lowest BCUT2D eigenvalue weighted by Crippen LogP contribution is -2.51. The predicted molar refractivity (Wildman–Crippen MR) is 66.8 cm³/mol. The topological polar surface area (TPSA) is 50.4 Å². The molecule has 2 N–H and O–H groups in total. The van der Waals surface area contributed by atoms with Gasteiger partial charge in [-0.15, -0.1) is 0 Å². The van der Waals surface area contributed by atoms with Gasteiger partial charge in [-0.3, -0.25) is 4.79 Å². The summed E-state index contributed by atoms with van der Waals surface area (Å²) in [6, 6.07) is 1.03. The van der Waals surface area contributed by atoms with Crippen LogP contribution in [-0.4, -0.2) is 37.2 Å². The van der Waals surface area contributed by atoms with Crippen molar-refractivity contribution in [3.05, 3.63) is 0 Å². The monoisotopic (exact) mass is 240 g/mol. The second-order valence-corrected chi connectivity index (χ2v) is 5.21. The first-order valence-electron chi connectivity index (χ1n) is 6.92. The third-order valence-corrected chi connectivity index (χ3v) is 3.71. The second kappa shape index (κ2) is 6.36. The number of carbonyl (C=O) groups excluding carboxylic acids is 1. The van der Waals surface area contributed by atoms with Crippen LogP contribution in [0.15, 0.2) is 0 Å². The lowest BCUT2D eigenvalue weighted by molar-refractivity contribution is -0.122. The standard InChI is InChI=1S/C13H24N2O2/c1-2-3-12-8-10(6-7-17-12)15-11-4-5-13(16)14-9-11/h10-12,15H,2-9H2,1H3,(H,14,16). The fourth-order valence-electron chi connectivity index (χ4n) is 2.76. The highest BCUT2D eigenvalue weighted by atomic mass is 16.5. The molecule has 0 aromatic rings. The van der Waals surface area contributed by atoms with Crippen molar-refractivity contribution in [3.8, 4) is 0 Å². The number of ether oxygens (including phenoxy) is 1. The van der Waals surface area contributed by atoms with Gasteiger partial charge in [0.1, 0.15) is 0 Å². The Kier molecular flexibility index (Phi) is 4.80. The maximum Gasteiger partial charge on any atom is 0.220 e. The SMILES string of the molecule is CCCC1CC(NC2CCC(=O)NC2)CCO1. The number of hydrogen-bond acceptors (Lipinski definition) is 3. The van der Waals surface area contributed by atoms with Crippen LogP contribution in [0.1, 0.15) is 45.4 Å². The van der Waals surface area contributed by atoms with Gasteiger partial charge in [-0.1, -0.05) is 13.3 Å². The molecule has 2 aliphatic heterocycles. The maximum absolute atomic E-state index is 11.1. The third kappa shape index (κ3) is 3.96. The summed E-state index contributed by atoms with van der Waals surface area (Å²) in [7, 11) is 0. The third-order valence-electron chi connectivity index (χ3n) is 3.71. The molecule has 2 saturated heterocycles. The molecule has 2 rings (SSSR count). The van der Waals surface area contributed by atoms with Crippen molar-refractivity contribution in [2.75, 3.05) is 13.2 Å². The highest BCUT2D eigenvalue weighted by Crippen LogP contribution is 2.19. The molecule has 0 saturated carbocycles. The van der Waals surface area contributed by atoms with Crippen LogP contribution >= 0.6 is 0 Å². The minimum absolute atomic E-state index is 0.193. The van der Waals surface area contributed by atoms with Crippen LogP contribution in [0, 0.1) is 0 Å². The fourth-order valence-corrected chi connectivity index (χ4v) is 2.76. The summed E-state index contributed by atoms with van der Waals surface area (Å²) in [5, 5.41) is 6.60. The molecular formula is C13H24N2O2. The molecule has 0 aromatic carbocycles. The normalized spacial score (nSPS) is 34.4. The zero-order chi connectivity index (χ0) is 12.1. The Morgan fingerprint density at radius 2 is 2.29 bits per heavy atom. The molecule has 2 fully saturated rings. The first-order chi connectivity index (χ1) is 8.28. The highest BCUT2D eigenvalue weighted by molar-refractivity contribution is 5.76. The predicted octanol–water partition coefficient (Wildman–Crippen LogP) is 1.20. The molecule has 2 heterocycles. The smallest absolute Gasteiger partial charge is 0.220 e. The summed E-state index contributed by atoms with van der Waals surface area (Å²) in [4.78, 5) is 11.1. The Bertz CT molecular complexity index is 246. The highest BCUT2D eigenvalue weighted by Gasteiger charge is 2.25. The van der Waals surface area contributed by atoms with Crippen LogP contribution in [0.3, 0.4) is 0 Å². The fraction of sp³-hybridized carbons (Fsp3) is 0.923. The molecule has 1 amide bonds. The van der Waals surface area contributed by atoms with Crippen LogP contribution < -0.4 is 10.6 Å². The van der Waals surface area contributed by atoms with Gasteiger partial charge in [-0.05, 0) is 25.7 Å². The van der Waals surface area contributed by atoms with Crippen molar-refractivity contribution in [3.63, 3.8) is 0 Å². The van der Waals surface area contributed by atoms with E-state index in [0.29, 0.717) is 24.6 Å². The van der Waals surface area contributed by atoms with Gasteiger partial charge in [0.15, 0.2) is 0 Å². The zero-order valence-corrected chi connectivity index (χ0v) is 10.7. The van der Waals surface area contributed by atoms with Crippen LogP contribution in [0.4, 0.5) is 0 Å². The van der Waals surface area contributed by atoms with Gasteiger partial charge >= 0.3 is 0 Å². The summed E-state index contributed by atoms with van der Waals surface area (Å²) < 4.78 is 5.75. The van der Waals surface area contributed by atoms with Gasteiger partial charge in [0.05, 0.1) is 6.10 Å². The van der Waals surface area contributed by atoms with Crippen molar-refractivity contribution in [2.24, 2.45) is 0 Å². The van der Waals surface area contributed by atoms with E-state index in [1.165, 1.54) is 12.8 Å². The van der Waals surface area contributed by atoms with Crippen LogP contribution in [-0.2, 0) is 9.53 Å². The molecular weight excluding hydrogens is 216 g/mol. The Morgan fingerprint density at radius 3 is 3.00 bits per heavy atom. The molecule has 4 nitrogen and oxygen atoms in total. The summed E-state index contributed by atoms with van der Waals surface area (Å²) in [5.41, 5.74) is 0. The molecule has 98 valence electrons. The van der Waals surface area contributed by atoms with Crippen molar-refractivity contribution in [1.82, 2.24) is 10.6 Å².